The minimum Gasteiger partial charge on any atom is -0.383 e. The molecule has 2 N–H and O–H groups in total. The molecule has 0 saturated carbocycles. The molecule has 0 amide bonds. The van der Waals surface area contributed by atoms with E-state index in [4.69, 9.17) is 5.73 Å². The van der Waals surface area contributed by atoms with Crippen LogP contribution in [0.1, 0.15) is 18.1 Å². The van der Waals surface area contributed by atoms with Gasteiger partial charge in [0.25, 0.3) is 0 Å². The summed E-state index contributed by atoms with van der Waals surface area (Å²) in [6, 6.07) is 10.5. The fourth-order valence-corrected chi connectivity index (χ4v) is 2.51. The third-order valence-electron chi connectivity index (χ3n) is 3.54. The van der Waals surface area contributed by atoms with Crippen LogP contribution in [0.2, 0.25) is 0 Å². The number of rotatable bonds is 2. The first kappa shape index (κ1) is 12.6. The van der Waals surface area contributed by atoms with E-state index in [1.54, 1.807) is 0 Å². The molecule has 3 rings (SSSR count). The van der Waals surface area contributed by atoms with Gasteiger partial charge in [-0.05, 0) is 48.7 Å². The second kappa shape index (κ2) is 4.93. The van der Waals surface area contributed by atoms with Gasteiger partial charge < -0.3 is 5.73 Å². The molecule has 0 spiro atoms. The van der Waals surface area contributed by atoms with E-state index in [1.807, 2.05) is 18.5 Å². The van der Waals surface area contributed by atoms with Crippen LogP contribution in [0.5, 0.6) is 0 Å². The highest BCUT2D eigenvalue weighted by Crippen LogP contribution is 2.29. The standard InChI is InChI=1S/C17H17N3/c1-3-12-9-14(10-20-17(12)18)15-8-11(2)7-13-5-4-6-19-16(13)15/h4-10H,3H2,1-2H3,(H2,18,20). The molecule has 0 atom stereocenters. The van der Waals surface area contributed by atoms with Crippen LogP contribution in [0.3, 0.4) is 0 Å². The molecule has 0 aliphatic heterocycles. The third-order valence-corrected chi connectivity index (χ3v) is 3.54. The maximum atomic E-state index is 5.89. The molecule has 0 radical (unpaired) electrons. The number of benzene rings is 1. The fourth-order valence-electron chi connectivity index (χ4n) is 2.51. The fraction of sp³-hybridized carbons (Fsp3) is 0.176. The van der Waals surface area contributed by atoms with Gasteiger partial charge in [0, 0.05) is 28.9 Å². The molecule has 3 nitrogen and oxygen atoms in total. The minimum atomic E-state index is 0.612. The molecule has 0 unspecified atom stereocenters. The summed E-state index contributed by atoms with van der Waals surface area (Å²) < 4.78 is 0. The van der Waals surface area contributed by atoms with Gasteiger partial charge in [-0.15, -0.1) is 0 Å². The van der Waals surface area contributed by atoms with Gasteiger partial charge in [0.1, 0.15) is 5.82 Å². The first-order chi connectivity index (χ1) is 9.69. The monoisotopic (exact) mass is 263 g/mol. The maximum Gasteiger partial charge on any atom is 0.126 e. The quantitative estimate of drug-likeness (QED) is 0.766. The highest BCUT2D eigenvalue weighted by atomic mass is 14.8. The molecule has 3 aromatic rings. The highest BCUT2D eigenvalue weighted by molar-refractivity contribution is 5.94. The van der Waals surface area contributed by atoms with Crippen LogP contribution >= 0.6 is 0 Å². The summed E-state index contributed by atoms with van der Waals surface area (Å²) in [5.41, 5.74) is 11.4. The van der Waals surface area contributed by atoms with Crippen molar-refractivity contribution >= 4 is 16.7 Å². The van der Waals surface area contributed by atoms with Crippen molar-refractivity contribution in [2.45, 2.75) is 20.3 Å². The second-order valence-electron chi connectivity index (χ2n) is 5.01. The summed E-state index contributed by atoms with van der Waals surface area (Å²) in [4.78, 5) is 8.83. The normalized spacial score (nSPS) is 10.9. The van der Waals surface area contributed by atoms with E-state index in [0.717, 1.165) is 34.0 Å². The van der Waals surface area contributed by atoms with Crippen molar-refractivity contribution in [3.05, 3.63) is 53.9 Å². The van der Waals surface area contributed by atoms with E-state index in [0.29, 0.717) is 5.82 Å². The SMILES string of the molecule is CCc1cc(-c2cc(C)cc3cccnc23)cnc1N. The average molecular weight is 263 g/mol. The van der Waals surface area contributed by atoms with Crippen molar-refractivity contribution in [1.29, 1.82) is 0 Å². The topological polar surface area (TPSA) is 51.8 Å². The molecule has 0 aliphatic carbocycles. The summed E-state index contributed by atoms with van der Waals surface area (Å²) >= 11 is 0. The van der Waals surface area contributed by atoms with Crippen LogP contribution < -0.4 is 5.73 Å². The number of nitrogens with zero attached hydrogens (tertiary/aromatic N) is 2. The largest absolute Gasteiger partial charge is 0.383 e. The smallest absolute Gasteiger partial charge is 0.126 e. The minimum absolute atomic E-state index is 0.612. The van der Waals surface area contributed by atoms with Crippen molar-refractivity contribution in [1.82, 2.24) is 9.97 Å². The van der Waals surface area contributed by atoms with Crippen LogP contribution in [0.25, 0.3) is 22.0 Å². The number of fused-ring (bicyclic) bond motifs is 1. The molecule has 1 aromatic carbocycles. The van der Waals surface area contributed by atoms with Crippen molar-refractivity contribution in [3.8, 4) is 11.1 Å². The summed E-state index contributed by atoms with van der Waals surface area (Å²) in [6.45, 7) is 4.19. The molecule has 0 saturated heterocycles. The van der Waals surface area contributed by atoms with Crippen LogP contribution in [0, 0.1) is 6.92 Å². The van der Waals surface area contributed by atoms with Crippen LogP contribution in [0.15, 0.2) is 42.7 Å². The predicted octanol–water partition coefficient (Wildman–Crippen LogP) is 3.75. The van der Waals surface area contributed by atoms with Gasteiger partial charge in [-0.25, -0.2) is 4.98 Å². The molecular formula is C17H17N3. The van der Waals surface area contributed by atoms with Crippen molar-refractivity contribution in [3.63, 3.8) is 0 Å². The second-order valence-corrected chi connectivity index (χ2v) is 5.01. The van der Waals surface area contributed by atoms with Crippen LogP contribution in [0.4, 0.5) is 5.82 Å². The van der Waals surface area contributed by atoms with Crippen molar-refractivity contribution in [2.75, 3.05) is 5.73 Å². The lowest BCUT2D eigenvalue weighted by molar-refractivity contribution is 1.11. The Morgan fingerprint density at radius 3 is 2.80 bits per heavy atom. The summed E-state index contributed by atoms with van der Waals surface area (Å²) in [7, 11) is 0. The number of nitrogens with two attached hydrogens (primary N) is 1. The maximum absolute atomic E-state index is 5.89. The third kappa shape index (κ3) is 2.11. The van der Waals surface area contributed by atoms with Gasteiger partial charge in [-0.1, -0.05) is 13.0 Å². The van der Waals surface area contributed by atoms with Crippen LogP contribution in [-0.4, -0.2) is 9.97 Å². The number of nitrogen functional groups attached to an aromatic ring is 1. The van der Waals surface area contributed by atoms with E-state index in [2.05, 4.69) is 48.1 Å². The van der Waals surface area contributed by atoms with Gasteiger partial charge in [-0.2, -0.15) is 0 Å². The Morgan fingerprint density at radius 2 is 2.00 bits per heavy atom. The van der Waals surface area contributed by atoms with Gasteiger partial charge >= 0.3 is 0 Å². The highest BCUT2D eigenvalue weighted by Gasteiger charge is 2.08. The van der Waals surface area contributed by atoms with E-state index >= 15 is 0 Å². The summed E-state index contributed by atoms with van der Waals surface area (Å²) in [5, 5.41) is 1.15. The van der Waals surface area contributed by atoms with E-state index < -0.39 is 0 Å². The first-order valence-corrected chi connectivity index (χ1v) is 6.79. The van der Waals surface area contributed by atoms with Crippen molar-refractivity contribution < 1.29 is 0 Å². The van der Waals surface area contributed by atoms with Gasteiger partial charge in [0.05, 0.1) is 5.52 Å². The van der Waals surface area contributed by atoms with E-state index in [9.17, 15) is 0 Å². The lowest BCUT2D eigenvalue weighted by Gasteiger charge is -2.10. The Kier molecular flexibility index (Phi) is 3.11. The molecule has 0 bridgehead atoms. The number of hydrogen-bond acceptors (Lipinski definition) is 3. The van der Waals surface area contributed by atoms with Gasteiger partial charge in [-0.3, -0.25) is 4.98 Å². The molecular weight excluding hydrogens is 246 g/mol. The molecule has 3 heteroatoms. The number of hydrogen-bond donors (Lipinski definition) is 1. The lowest BCUT2D eigenvalue weighted by atomic mass is 9.99. The van der Waals surface area contributed by atoms with Gasteiger partial charge in [0.15, 0.2) is 0 Å². The molecule has 20 heavy (non-hydrogen) atoms. The molecule has 2 aromatic heterocycles. The van der Waals surface area contributed by atoms with E-state index in [-0.39, 0.29) is 0 Å². The zero-order valence-electron chi connectivity index (χ0n) is 11.7. The van der Waals surface area contributed by atoms with Crippen molar-refractivity contribution in [2.24, 2.45) is 0 Å². The number of pyridine rings is 2. The van der Waals surface area contributed by atoms with E-state index in [1.165, 1.54) is 5.56 Å². The molecule has 2 heterocycles. The Morgan fingerprint density at radius 1 is 1.15 bits per heavy atom. The Hall–Kier alpha value is -2.42. The zero-order chi connectivity index (χ0) is 14.1. The molecule has 0 fully saturated rings. The predicted molar refractivity (Wildman–Crippen MR) is 83.5 cm³/mol. The van der Waals surface area contributed by atoms with Gasteiger partial charge in [0.2, 0.25) is 0 Å². The lowest BCUT2D eigenvalue weighted by Crippen LogP contribution is -1.97. The molecule has 100 valence electrons. The number of aromatic nitrogens is 2. The summed E-state index contributed by atoms with van der Waals surface area (Å²) in [5.74, 6) is 0.612. The Labute approximate surface area is 118 Å². The first-order valence-electron chi connectivity index (χ1n) is 6.79. The molecule has 0 aliphatic rings. The number of anilines is 1. The Bertz CT molecular complexity index is 778. The zero-order valence-corrected chi connectivity index (χ0v) is 11.7. The number of aryl methyl sites for hydroxylation is 2. The van der Waals surface area contributed by atoms with Crippen LogP contribution in [-0.2, 0) is 6.42 Å². The average Bonchev–Trinajstić information content (AvgIpc) is 2.47. The summed E-state index contributed by atoms with van der Waals surface area (Å²) in [6.07, 6.45) is 4.54. The Balaban J connectivity index is 2.28.